The Kier molecular flexibility index (Phi) is 4.75. The van der Waals surface area contributed by atoms with Crippen molar-refractivity contribution in [3.8, 4) is 0 Å². The van der Waals surface area contributed by atoms with Crippen molar-refractivity contribution in [2.24, 2.45) is 0 Å². The van der Waals surface area contributed by atoms with Gasteiger partial charge in [-0.3, -0.25) is 9.59 Å². The molecule has 1 aromatic carbocycles. The van der Waals surface area contributed by atoms with Crippen LogP contribution < -0.4 is 5.32 Å². The number of halogens is 2. The Morgan fingerprint density at radius 2 is 2.15 bits per heavy atom. The first kappa shape index (κ1) is 15.0. The van der Waals surface area contributed by atoms with Crippen LogP contribution >= 0.6 is 15.9 Å². The van der Waals surface area contributed by atoms with Gasteiger partial charge in [0.2, 0.25) is 11.8 Å². The van der Waals surface area contributed by atoms with Crippen molar-refractivity contribution in [1.29, 1.82) is 0 Å². The molecule has 1 saturated heterocycles. The number of rotatable bonds is 4. The van der Waals surface area contributed by atoms with E-state index in [-0.39, 0.29) is 23.7 Å². The number of aryl methyl sites for hydroxylation is 1. The van der Waals surface area contributed by atoms with Crippen LogP contribution in [0.2, 0.25) is 0 Å². The van der Waals surface area contributed by atoms with E-state index in [2.05, 4.69) is 21.2 Å². The Balaban J connectivity index is 1.76. The van der Waals surface area contributed by atoms with Gasteiger partial charge in [0, 0.05) is 30.9 Å². The quantitative estimate of drug-likeness (QED) is 0.907. The van der Waals surface area contributed by atoms with Crippen molar-refractivity contribution in [3.63, 3.8) is 0 Å². The maximum atomic E-state index is 13.1. The zero-order valence-electron chi connectivity index (χ0n) is 11.2. The van der Waals surface area contributed by atoms with Crippen LogP contribution in [0.25, 0.3) is 0 Å². The Morgan fingerprint density at radius 3 is 2.80 bits per heavy atom. The van der Waals surface area contributed by atoms with E-state index in [0.717, 1.165) is 10.0 Å². The van der Waals surface area contributed by atoms with E-state index in [4.69, 9.17) is 0 Å². The number of carbonyl (C=O) groups is 2. The zero-order valence-corrected chi connectivity index (χ0v) is 12.7. The number of nitrogens with zero attached hydrogens (tertiary/aromatic N) is 1. The molecule has 0 radical (unpaired) electrons. The molecule has 0 spiro atoms. The van der Waals surface area contributed by atoms with E-state index in [1.54, 1.807) is 11.0 Å². The molecule has 2 amide bonds. The predicted molar refractivity (Wildman–Crippen MR) is 76.6 cm³/mol. The Morgan fingerprint density at radius 1 is 1.45 bits per heavy atom. The van der Waals surface area contributed by atoms with Crippen LogP contribution in [0.4, 0.5) is 4.39 Å². The fourth-order valence-electron chi connectivity index (χ4n) is 2.11. The normalized spacial score (nSPS) is 14.8. The lowest BCUT2D eigenvalue weighted by Gasteiger charge is -2.38. The minimum atomic E-state index is -0.306. The summed E-state index contributed by atoms with van der Waals surface area (Å²) in [7, 11) is 0. The van der Waals surface area contributed by atoms with Gasteiger partial charge in [-0.2, -0.15) is 0 Å². The molecule has 1 aliphatic rings. The van der Waals surface area contributed by atoms with Crippen LogP contribution in [0.15, 0.2) is 22.7 Å². The third-order valence-electron chi connectivity index (χ3n) is 3.32. The number of likely N-dealkylation sites (tertiary alicyclic amines) is 1. The Labute approximate surface area is 125 Å². The summed E-state index contributed by atoms with van der Waals surface area (Å²) in [6.45, 7) is 2.66. The van der Waals surface area contributed by atoms with Gasteiger partial charge in [-0.15, -0.1) is 0 Å². The molecule has 0 atom stereocenters. The highest BCUT2D eigenvalue weighted by atomic mass is 79.9. The van der Waals surface area contributed by atoms with Gasteiger partial charge in [-0.05, 0) is 30.2 Å². The lowest BCUT2D eigenvalue weighted by Crippen LogP contribution is -2.60. The molecule has 1 N–H and O–H groups in total. The van der Waals surface area contributed by atoms with E-state index >= 15 is 0 Å². The van der Waals surface area contributed by atoms with Gasteiger partial charge in [-0.1, -0.05) is 15.9 Å². The molecular weight excluding hydrogens is 327 g/mol. The number of hydrogen-bond donors (Lipinski definition) is 1. The third kappa shape index (κ3) is 3.79. The number of benzene rings is 1. The van der Waals surface area contributed by atoms with E-state index in [1.165, 1.54) is 19.1 Å². The molecule has 20 heavy (non-hydrogen) atoms. The van der Waals surface area contributed by atoms with Crippen LogP contribution in [0.5, 0.6) is 0 Å². The average molecular weight is 343 g/mol. The van der Waals surface area contributed by atoms with Gasteiger partial charge in [0.25, 0.3) is 0 Å². The monoisotopic (exact) mass is 342 g/mol. The summed E-state index contributed by atoms with van der Waals surface area (Å²) < 4.78 is 13.9. The first-order valence-electron chi connectivity index (χ1n) is 6.44. The summed E-state index contributed by atoms with van der Waals surface area (Å²) in [6, 6.07) is 4.48. The molecule has 6 heteroatoms. The van der Waals surface area contributed by atoms with E-state index in [1.807, 2.05) is 0 Å². The van der Waals surface area contributed by atoms with Crippen molar-refractivity contribution in [1.82, 2.24) is 10.2 Å². The lowest BCUT2D eigenvalue weighted by molar-refractivity contribution is -0.135. The molecule has 0 aromatic heterocycles. The maximum absolute atomic E-state index is 13.1. The Hall–Kier alpha value is -1.43. The topological polar surface area (TPSA) is 49.4 Å². The molecule has 1 aliphatic heterocycles. The summed E-state index contributed by atoms with van der Waals surface area (Å²) in [6.07, 6.45) is 0.784. The second-order valence-electron chi connectivity index (χ2n) is 4.92. The first-order chi connectivity index (χ1) is 9.45. The van der Waals surface area contributed by atoms with Crippen molar-refractivity contribution < 1.29 is 14.0 Å². The van der Waals surface area contributed by atoms with Crippen molar-refractivity contribution >= 4 is 27.7 Å². The molecule has 108 valence electrons. The molecule has 1 aromatic rings. The molecule has 0 unspecified atom stereocenters. The summed E-state index contributed by atoms with van der Waals surface area (Å²) in [4.78, 5) is 24.5. The number of hydrogen-bond acceptors (Lipinski definition) is 2. The third-order valence-corrected chi connectivity index (χ3v) is 4.09. The fraction of sp³-hybridized carbons (Fsp3) is 0.429. The molecule has 1 heterocycles. The van der Waals surface area contributed by atoms with Gasteiger partial charge in [0.05, 0.1) is 6.04 Å². The van der Waals surface area contributed by atoms with Gasteiger partial charge < -0.3 is 10.2 Å². The molecule has 0 aliphatic carbocycles. The summed E-state index contributed by atoms with van der Waals surface area (Å²) in [5, 5.41) is 2.86. The van der Waals surface area contributed by atoms with Crippen LogP contribution in [-0.2, 0) is 16.0 Å². The van der Waals surface area contributed by atoms with E-state index < -0.39 is 0 Å². The molecule has 0 saturated carbocycles. The van der Waals surface area contributed by atoms with Gasteiger partial charge in [0.15, 0.2) is 0 Å². The van der Waals surface area contributed by atoms with Crippen molar-refractivity contribution in [2.75, 3.05) is 13.1 Å². The van der Waals surface area contributed by atoms with Gasteiger partial charge >= 0.3 is 0 Å². The number of amides is 2. The average Bonchev–Trinajstić information content (AvgIpc) is 2.34. The molecule has 1 fully saturated rings. The van der Waals surface area contributed by atoms with E-state index in [9.17, 15) is 14.0 Å². The minimum absolute atomic E-state index is 0.0270. The van der Waals surface area contributed by atoms with E-state index in [0.29, 0.717) is 25.9 Å². The van der Waals surface area contributed by atoms with Gasteiger partial charge in [-0.25, -0.2) is 4.39 Å². The molecule has 0 bridgehead atoms. The van der Waals surface area contributed by atoms with Crippen LogP contribution in [0, 0.1) is 5.82 Å². The highest BCUT2D eigenvalue weighted by molar-refractivity contribution is 9.10. The lowest BCUT2D eigenvalue weighted by atomic mass is 10.1. The minimum Gasteiger partial charge on any atom is -0.350 e. The predicted octanol–water partition coefficient (Wildman–Crippen LogP) is 1.87. The first-order valence-corrected chi connectivity index (χ1v) is 7.24. The largest absolute Gasteiger partial charge is 0.350 e. The second kappa shape index (κ2) is 6.35. The molecule has 4 nitrogen and oxygen atoms in total. The van der Waals surface area contributed by atoms with Crippen LogP contribution in [-0.4, -0.2) is 35.8 Å². The maximum Gasteiger partial charge on any atom is 0.220 e. The fourth-order valence-corrected chi connectivity index (χ4v) is 2.55. The number of carbonyl (C=O) groups excluding carboxylic acids is 2. The summed E-state index contributed by atoms with van der Waals surface area (Å²) in [5.41, 5.74) is 0.777. The van der Waals surface area contributed by atoms with Crippen molar-refractivity contribution in [3.05, 3.63) is 34.1 Å². The summed E-state index contributed by atoms with van der Waals surface area (Å²) in [5.74, 6) is -0.353. The van der Waals surface area contributed by atoms with Crippen LogP contribution in [0.1, 0.15) is 18.9 Å². The highest BCUT2D eigenvalue weighted by Gasteiger charge is 2.29. The standard InChI is InChI=1S/C14H16BrFN2O2/c1-9(19)18-7-12(8-18)17-14(20)5-2-10-6-11(16)3-4-13(10)15/h3-4,6,12H,2,5,7-8H2,1H3,(H,17,20). The summed E-state index contributed by atoms with van der Waals surface area (Å²) >= 11 is 3.34. The van der Waals surface area contributed by atoms with Crippen molar-refractivity contribution in [2.45, 2.75) is 25.8 Å². The molecular formula is C14H16BrFN2O2. The zero-order chi connectivity index (χ0) is 14.7. The van der Waals surface area contributed by atoms with Gasteiger partial charge in [0.1, 0.15) is 5.82 Å². The molecule has 2 rings (SSSR count). The smallest absolute Gasteiger partial charge is 0.220 e. The Bertz CT molecular complexity index is 530. The SMILES string of the molecule is CC(=O)N1CC(NC(=O)CCc2cc(F)ccc2Br)C1. The number of nitrogens with one attached hydrogen (secondary N) is 1. The second-order valence-corrected chi connectivity index (χ2v) is 5.78. The highest BCUT2D eigenvalue weighted by Crippen LogP contribution is 2.19. The van der Waals surface area contributed by atoms with Crippen LogP contribution in [0.3, 0.4) is 0 Å².